The molecule has 1 aliphatic rings. The Bertz CT molecular complexity index is 900. The lowest BCUT2D eigenvalue weighted by atomic mass is 9.84. The molecular formula is C25H37N3O2. The molecule has 164 valence electrons. The highest BCUT2D eigenvalue weighted by Gasteiger charge is 2.23. The first-order valence-corrected chi connectivity index (χ1v) is 10.9. The van der Waals surface area contributed by atoms with Crippen molar-refractivity contribution in [1.82, 2.24) is 15.0 Å². The fraction of sp³-hybridized carbons (Fsp3) is 0.480. The Morgan fingerprint density at radius 2 is 1.73 bits per heavy atom. The van der Waals surface area contributed by atoms with Crippen LogP contribution in [0.5, 0.6) is 5.75 Å². The van der Waals surface area contributed by atoms with Gasteiger partial charge in [-0.1, -0.05) is 66.2 Å². The third-order valence-corrected chi connectivity index (χ3v) is 4.49. The fourth-order valence-corrected chi connectivity index (χ4v) is 3.08. The van der Waals surface area contributed by atoms with Crippen molar-refractivity contribution in [1.29, 1.82) is 0 Å². The van der Waals surface area contributed by atoms with Crippen LogP contribution in [0.15, 0.2) is 23.8 Å². The summed E-state index contributed by atoms with van der Waals surface area (Å²) < 4.78 is 0. The molecule has 1 aromatic heterocycles. The van der Waals surface area contributed by atoms with Crippen LogP contribution in [0.25, 0.3) is 17.8 Å². The predicted molar refractivity (Wildman–Crippen MR) is 126 cm³/mol. The summed E-state index contributed by atoms with van der Waals surface area (Å²) in [6.45, 7) is 16.2. The van der Waals surface area contributed by atoms with Gasteiger partial charge in [0.25, 0.3) is 0 Å². The average Bonchev–Trinajstić information content (AvgIpc) is 3.03. The van der Waals surface area contributed by atoms with Gasteiger partial charge in [0.15, 0.2) is 0 Å². The van der Waals surface area contributed by atoms with Crippen LogP contribution in [0, 0.1) is 0 Å². The molecule has 0 aliphatic heterocycles. The van der Waals surface area contributed by atoms with Crippen LogP contribution in [0.1, 0.15) is 90.7 Å². The molecule has 1 N–H and O–H groups in total. The molecule has 0 radical (unpaired) electrons. The second-order valence-corrected chi connectivity index (χ2v) is 7.82. The zero-order chi connectivity index (χ0) is 22.9. The molecule has 0 spiro atoms. The molecule has 1 aliphatic carbocycles. The second kappa shape index (κ2) is 11.5. The molecule has 5 heteroatoms. The van der Waals surface area contributed by atoms with E-state index < -0.39 is 0 Å². The number of hydrogen-bond donors (Lipinski definition) is 1. The van der Waals surface area contributed by atoms with Gasteiger partial charge in [-0.25, -0.2) is 0 Å². The number of aldehydes is 1. The summed E-state index contributed by atoms with van der Waals surface area (Å²) in [6.07, 6.45) is 8.92. The number of phenolic OH excluding ortho intramolecular Hbond substituents is 1. The summed E-state index contributed by atoms with van der Waals surface area (Å²) in [5, 5.41) is 20.0. The Morgan fingerprint density at radius 1 is 1.10 bits per heavy atom. The SMILES string of the molecule is CC.CC.CC1=Cc2nn(-c3cc(CCC=O)cc(C(C)(C)C)c3O)nc2C=CC1. The lowest BCUT2D eigenvalue weighted by Crippen LogP contribution is -2.14. The first kappa shape index (κ1) is 25.3. The lowest BCUT2D eigenvalue weighted by Gasteiger charge is -2.23. The highest BCUT2D eigenvalue weighted by atomic mass is 16.3. The third kappa shape index (κ3) is 6.15. The first-order chi connectivity index (χ1) is 14.3. The number of aromatic nitrogens is 3. The van der Waals surface area contributed by atoms with Crippen molar-refractivity contribution in [2.45, 2.75) is 80.1 Å². The number of rotatable bonds is 4. The number of allylic oxidation sites excluding steroid dienone is 2. The van der Waals surface area contributed by atoms with Gasteiger partial charge in [0.1, 0.15) is 29.1 Å². The van der Waals surface area contributed by atoms with Crippen molar-refractivity contribution < 1.29 is 9.90 Å². The van der Waals surface area contributed by atoms with Crippen LogP contribution in [-0.2, 0) is 16.6 Å². The summed E-state index contributed by atoms with van der Waals surface area (Å²) in [4.78, 5) is 12.3. The smallest absolute Gasteiger partial charge is 0.146 e. The van der Waals surface area contributed by atoms with Crippen molar-refractivity contribution in [3.63, 3.8) is 0 Å². The summed E-state index contributed by atoms with van der Waals surface area (Å²) in [6, 6.07) is 3.84. The maximum absolute atomic E-state index is 10.9. The molecule has 0 unspecified atom stereocenters. The number of carbonyl (C=O) groups is 1. The molecule has 0 atom stereocenters. The zero-order valence-electron chi connectivity index (χ0n) is 19.8. The Morgan fingerprint density at radius 3 is 2.33 bits per heavy atom. The van der Waals surface area contributed by atoms with Gasteiger partial charge < -0.3 is 9.90 Å². The topological polar surface area (TPSA) is 68.0 Å². The maximum atomic E-state index is 10.9. The number of hydrogen-bond acceptors (Lipinski definition) is 4. The molecule has 1 aromatic carbocycles. The standard InChI is InChI=1S/C21H25N3O2.2C2H6/c1-14-7-5-9-17-18(11-14)23-24(22-17)19-13-15(8-6-10-25)12-16(20(19)26)21(2,3)4;2*1-2/h5,9-13,26H,6-8H2,1-4H3;2*1-2H3. The third-order valence-electron chi connectivity index (χ3n) is 4.49. The summed E-state index contributed by atoms with van der Waals surface area (Å²) in [5.74, 6) is 0.183. The van der Waals surface area contributed by atoms with E-state index >= 15 is 0 Å². The van der Waals surface area contributed by atoms with Crippen molar-refractivity contribution in [3.05, 3.63) is 46.3 Å². The highest BCUT2D eigenvalue weighted by Crippen LogP contribution is 2.36. The normalized spacial score (nSPS) is 12.5. The Kier molecular flexibility index (Phi) is 9.70. The van der Waals surface area contributed by atoms with E-state index in [2.05, 4.69) is 44.0 Å². The maximum Gasteiger partial charge on any atom is 0.146 e. The van der Waals surface area contributed by atoms with E-state index in [-0.39, 0.29) is 11.2 Å². The van der Waals surface area contributed by atoms with E-state index in [1.165, 1.54) is 10.4 Å². The van der Waals surface area contributed by atoms with Gasteiger partial charge in [-0.3, -0.25) is 0 Å². The van der Waals surface area contributed by atoms with Crippen molar-refractivity contribution >= 4 is 18.4 Å². The Labute approximate surface area is 181 Å². The van der Waals surface area contributed by atoms with E-state index in [1.807, 2.05) is 52.0 Å². The molecule has 1 heterocycles. The molecule has 0 saturated carbocycles. The minimum absolute atomic E-state index is 0.183. The summed E-state index contributed by atoms with van der Waals surface area (Å²) in [5.41, 5.74) is 4.92. The largest absolute Gasteiger partial charge is 0.505 e. The minimum Gasteiger partial charge on any atom is -0.505 e. The molecule has 5 nitrogen and oxygen atoms in total. The van der Waals surface area contributed by atoms with Crippen LogP contribution in [0.2, 0.25) is 0 Å². The Balaban J connectivity index is 0.00000106. The van der Waals surface area contributed by atoms with E-state index in [0.29, 0.717) is 18.5 Å². The molecular weight excluding hydrogens is 374 g/mol. The first-order valence-electron chi connectivity index (χ1n) is 10.9. The van der Waals surface area contributed by atoms with E-state index in [9.17, 15) is 9.90 Å². The van der Waals surface area contributed by atoms with Gasteiger partial charge >= 0.3 is 0 Å². The minimum atomic E-state index is -0.239. The van der Waals surface area contributed by atoms with Gasteiger partial charge in [-0.2, -0.15) is 0 Å². The number of fused-ring (bicyclic) bond motifs is 1. The molecule has 0 bridgehead atoms. The molecule has 0 amide bonds. The van der Waals surface area contributed by atoms with Crippen LogP contribution in [0.4, 0.5) is 0 Å². The monoisotopic (exact) mass is 411 g/mol. The van der Waals surface area contributed by atoms with Crippen LogP contribution < -0.4 is 0 Å². The van der Waals surface area contributed by atoms with Gasteiger partial charge in [-0.05, 0) is 49.0 Å². The molecule has 0 fully saturated rings. The summed E-state index contributed by atoms with van der Waals surface area (Å²) >= 11 is 0. The van der Waals surface area contributed by atoms with Crippen molar-refractivity contribution in [2.24, 2.45) is 0 Å². The fourth-order valence-electron chi connectivity index (χ4n) is 3.08. The van der Waals surface area contributed by atoms with Crippen molar-refractivity contribution in [3.8, 4) is 11.4 Å². The second-order valence-electron chi connectivity index (χ2n) is 7.82. The van der Waals surface area contributed by atoms with E-state index in [4.69, 9.17) is 0 Å². The molecule has 30 heavy (non-hydrogen) atoms. The number of benzene rings is 1. The van der Waals surface area contributed by atoms with Gasteiger partial charge in [0.2, 0.25) is 0 Å². The predicted octanol–water partition coefficient (Wildman–Crippen LogP) is 6.27. The number of phenols is 1. The molecule has 2 aromatic rings. The van der Waals surface area contributed by atoms with E-state index in [1.54, 1.807) is 0 Å². The number of aromatic hydroxyl groups is 1. The van der Waals surface area contributed by atoms with Gasteiger partial charge in [0, 0.05) is 12.0 Å². The Hall–Kier alpha value is -2.69. The van der Waals surface area contributed by atoms with Gasteiger partial charge in [-0.15, -0.1) is 15.0 Å². The number of nitrogens with zero attached hydrogens (tertiary/aromatic N) is 3. The van der Waals surface area contributed by atoms with Crippen LogP contribution in [0.3, 0.4) is 0 Å². The number of carbonyl (C=O) groups excluding carboxylic acids is 1. The quantitative estimate of drug-likeness (QED) is 0.602. The van der Waals surface area contributed by atoms with Crippen LogP contribution in [-0.4, -0.2) is 26.4 Å². The average molecular weight is 412 g/mol. The van der Waals surface area contributed by atoms with Crippen molar-refractivity contribution in [2.75, 3.05) is 0 Å². The van der Waals surface area contributed by atoms with Crippen LogP contribution >= 0.6 is 0 Å². The van der Waals surface area contributed by atoms with E-state index in [0.717, 1.165) is 35.2 Å². The lowest BCUT2D eigenvalue weighted by molar-refractivity contribution is -0.107. The number of aryl methyl sites for hydroxylation is 1. The molecule has 0 saturated heterocycles. The van der Waals surface area contributed by atoms with Gasteiger partial charge in [0.05, 0.1) is 0 Å². The summed E-state index contributed by atoms with van der Waals surface area (Å²) in [7, 11) is 0. The zero-order valence-corrected chi connectivity index (χ0v) is 19.8. The highest BCUT2D eigenvalue weighted by molar-refractivity contribution is 5.64. The molecule has 3 rings (SSSR count).